The van der Waals surface area contributed by atoms with Crippen LogP contribution in [-0.2, 0) is 6.18 Å². The van der Waals surface area contributed by atoms with Crippen LogP contribution in [0, 0.1) is 6.92 Å². The van der Waals surface area contributed by atoms with E-state index in [1.165, 1.54) is 6.07 Å². The van der Waals surface area contributed by atoms with E-state index in [1.807, 2.05) is 0 Å². The van der Waals surface area contributed by atoms with Crippen molar-refractivity contribution < 1.29 is 37.1 Å². The van der Waals surface area contributed by atoms with Gasteiger partial charge < -0.3 is 14.4 Å². The van der Waals surface area contributed by atoms with Gasteiger partial charge in [-0.2, -0.15) is 13.2 Å². The third kappa shape index (κ3) is 4.19. The van der Waals surface area contributed by atoms with Gasteiger partial charge in [-0.25, -0.2) is 4.79 Å². The van der Waals surface area contributed by atoms with E-state index in [4.69, 9.17) is 0 Å². The van der Waals surface area contributed by atoms with E-state index in [9.17, 15) is 27.9 Å². The Balaban J connectivity index is 2.25. The zero-order chi connectivity index (χ0) is 18.8. The average molecular weight is 359 g/mol. The van der Waals surface area contributed by atoms with Gasteiger partial charge in [0, 0.05) is 6.07 Å². The molecule has 0 atom stereocenters. The van der Waals surface area contributed by atoms with Crippen LogP contribution in [0.3, 0.4) is 0 Å². The normalized spacial score (nSPS) is 11.1. The van der Waals surface area contributed by atoms with E-state index in [0.29, 0.717) is 17.9 Å². The summed E-state index contributed by atoms with van der Waals surface area (Å²) in [6, 6.07) is 1.24. The summed E-state index contributed by atoms with van der Waals surface area (Å²) in [4.78, 5) is 23.7. The predicted molar refractivity (Wildman–Crippen MR) is 77.4 cm³/mol. The minimum atomic E-state index is -4.91. The first-order chi connectivity index (χ1) is 11.6. The molecule has 3 N–H and O–H groups in total. The molecule has 25 heavy (non-hydrogen) atoms. The number of hydrogen-bond acceptors (Lipinski definition) is 6. The Kier molecular flexibility index (Phi) is 4.86. The van der Waals surface area contributed by atoms with E-state index < -0.39 is 40.7 Å². The van der Waals surface area contributed by atoms with Crippen LogP contribution in [0.4, 0.5) is 23.8 Å². The zero-order valence-corrected chi connectivity index (χ0v) is 12.9. The standard InChI is InChI=1S/C14H12F3N3O5/c1-6-3-11(20-25-6)18-13(23)19-12(22)7-4-9(21)10(24-2)5-8(7)14(15,16)17/h3-5,21H,1-2H3,(H2,18,19,20,22,23). The molecule has 1 heterocycles. The van der Waals surface area contributed by atoms with Gasteiger partial charge in [0.25, 0.3) is 5.91 Å². The van der Waals surface area contributed by atoms with Crippen molar-refractivity contribution in [3.63, 3.8) is 0 Å². The number of rotatable bonds is 3. The highest BCUT2D eigenvalue weighted by molar-refractivity contribution is 6.08. The van der Waals surface area contributed by atoms with Gasteiger partial charge >= 0.3 is 12.2 Å². The molecule has 2 rings (SSSR count). The number of hydrogen-bond donors (Lipinski definition) is 3. The largest absolute Gasteiger partial charge is 0.504 e. The fraction of sp³-hybridized carbons (Fsp3) is 0.214. The predicted octanol–water partition coefficient (Wildman–Crippen LogP) is 2.68. The number of nitrogens with zero attached hydrogens (tertiary/aromatic N) is 1. The minimum Gasteiger partial charge on any atom is -0.504 e. The molecular formula is C14H12F3N3O5. The molecule has 0 saturated carbocycles. The molecule has 0 aliphatic heterocycles. The van der Waals surface area contributed by atoms with Crippen molar-refractivity contribution >= 4 is 17.8 Å². The van der Waals surface area contributed by atoms with E-state index in [-0.39, 0.29) is 5.82 Å². The number of nitrogens with one attached hydrogen (secondary N) is 2. The number of carbonyl (C=O) groups is 2. The molecule has 0 fully saturated rings. The molecule has 1 aromatic heterocycles. The molecule has 134 valence electrons. The van der Waals surface area contributed by atoms with Crippen LogP contribution < -0.4 is 15.4 Å². The Morgan fingerprint density at radius 1 is 1.28 bits per heavy atom. The Labute approximate surface area is 138 Å². The first-order valence-corrected chi connectivity index (χ1v) is 6.65. The van der Waals surface area contributed by atoms with Crippen molar-refractivity contribution in [2.45, 2.75) is 13.1 Å². The molecule has 2 aromatic rings. The molecule has 0 spiro atoms. The number of alkyl halides is 3. The van der Waals surface area contributed by atoms with Crippen LogP contribution in [0.5, 0.6) is 11.5 Å². The maximum absolute atomic E-state index is 13.1. The smallest absolute Gasteiger partial charge is 0.417 e. The number of urea groups is 1. The molecule has 1 aromatic carbocycles. The number of phenolic OH excluding ortho intramolecular Hbond substituents is 1. The Morgan fingerprint density at radius 3 is 2.48 bits per heavy atom. The van der Waals surface area contributed by atoms with Gasteiger partial charge in [0.1, 0.15) is 5.76 Å². The quantitative estimate of drug-likeness (QED) is 0.776. The third-order valence-corrected chi connectivity index (χ3v) is 2.97. The number of amides is 3. The third-order valence-electron chi connectivity index (χ3n) is 2.97. The number of phenols is 1. The summed E-state index contributed by atoms with van der Waals surface area (Å²) in [5.74, 6) is -2.18. The second-order valence-electron chi connectivity index (χ2n) is 4.80. The number of halogens is 3. The SMILES string of the molecule is COc1cc(C(F)(F)F)c(C(=O)NC(=O)Nc2cc(C)on2)cc1O. The van der Waals surface area contributed by atoms with Gasteiger partial charge in [0.05, 0.1) is 18.2 Å². The first-order valence-electron chi connectivity index (χ1n) is 6.65. The maximum Gasteiger partial charge on any atom is 0.417 e. The number of imide groups is 1. The van der Waals surface area contributed by atoms with E-state index in [1.54, 1.807) is 12.2 Å². The number of methoxy groups -OCH3 is 1. The molecule has 0 aliphatic carbocycles. The highest BCUT2D eigenvalue weighted by atomic mass is 19.4. The van der Waals surface area contributed by atoms with Gasteiger partial charge in [-0.05, 0) is 19.1 Å². The summed E-state index contributed by atoms with van der Waals surface area (Å²) in [5.41, 5.74) is -2.32. The second-order valence-corrected chi connectivity index (χ2v) is 4.80. The molecular weight excluding hydrogens is 347 g/mol. The van der Waals surface area contributed by atoms with Crippen LogP contribution in [0.2, 0.25) is 0 Å². The number of benzene rings is 1. The zero-order valence-electron chi connectivity index (χ0n) is 12.9. The van der Waals surface area contributed by atoms with Gasteiger partial charge in [0.15, 0.2) is 17.3 Å². The highest BCUT2D eigenvalue weighted by Crippen LogP contribution is 2.38. The summed E-state index contributed by atoms with van der Waals surface area (Å²) >= 11 is 0. The van der Waals surface area contributed by atoms with Crippen LogP contribution in [0.25, 0.3) is 0 Å². The molecule has 0 unspecified atom stereocenters. The molecule has 11 heteroatoms. The van der Waals surface area contributed by atoms with Crippen molar-refractivity contribution in [3.05, 3.63) is 35.1 Å². The Bertz CT molecular complexity index is 817. The summed E-state index contributed by atoms with van der Waals surface area (Å²) in [7, 11) is 1.06. The average Bonchev–Trinajstić information content (AvgIpc) is 2.90. The number of anilines is 1. The number of aromatic hydroxyl groups is 1. The van der Waals surface area contributed by atoms with Gasteiger partial charge in [-0.15, -0.1) is 0 Å². The van der Waals surface area contributed by atoms with Gasteiger partial charge in [-0.3, -0.25) is 15.4 Å². The lowest BCUT2D eigenvalue weighted by molar-refractivity contribution is -0.138. The number of carbonyl (C=O) groups excluding carboxylic acids is 2. The fourth-order valence-corrected chi connectivity index (χ4v) is 1.90. The number of aryl methyl sites for hydroxylation is 1. The van der Waals surface area contributed by atoms with E-state index in [2.05, 4.69) is 19.7 Å². The topological polar surface area (TPSA) is 114 Å². The lowest BCUT2D eigenvalue weighted by Gasteiger charge is -2.15. The number of aromatic nitrogens is 1. The van der Waals surface area contributed by atoms with Gasteiger partial charge in [0.2, 0.25) is 0 Å². The van der Waals surface area contributed by atoms with Crippen LogP contribution in [0.1, 0.15) is 21.7 Å². The fourth-order valence-electron chi connectivity index (χ4n) is 1.90. The summed E-state index contributed by atoms with van der Waals surface area (Å²) in [6.45, 7) is 1.55. The maximum atomic E-state index is 13.1. The van der Waals surface area contributed by atoms with E-state index in [0.717, 1.165) is 7.11 Å². The lowest BCUT2D eigenvalue weighted by atomic mass is 10.0. The van der Waals surface area contributed by atoms with Crippen molar-refractivity contribution in [1.29, 1.82) is 0 Å². The molecule has 0 bridgehead atoms. The summed E-state index contributed by atoms with van der Waals surface area (Å²) in [6.07, 6.45) is -4.91. The van der Waals surface area contributed by atoms with Crippen molar-refractivity contribution in [1.82, 2.24) is 10.5 Å². The first kappa shape index (κ1) is 18.1. The Morgan fingerprint density at radius 2 is 1.96 bits per heavy atom. The second kappa shape index (κ2) is 6.71. The Hall–Kier alpha value is -3.24. The minimum absolute atomic E-state index is 0.0311. The van der Waals surface area contributed by atoms with Crippen LogP contribution in [0.15, 0.2) is 22.7 Å². The monoisotopic (exact) mass is 359 g/mol. The summed E-state index contributed by atoms with van der Waals surface area (Å²) < 4.78 is 48.6. The lowest BCUT2D eigenvalue weighted by Crippen LogP contribution is -2.35. The van der Waals surface area contributed by atoms with Crippen molar-refractivity contribution in [2.24, 2.45) is 0 Å². The molecule has 0 aliphatic rings. The number of ether oxygens (including phenoxy) is 1. The van der Waals surface area contributed by atoms with Gasteiger partial charge in [-0.1, -0.05) is 5.16 Å². The molecule has 8 nitrogen and oxygen atoms in total. The molecule has 3 amide bonds. The van der Waals surface area contributed by atoms with Crippen LogP contribution >= 0.6 is 0 Å². The highest BCUT2D eigenvalue weighted by Gasteiger charge is 2.37. The van der Waals surface area contributed by atoms with Crippen LogP contribution in [-0.4, -0.2) is 29.3 Å². The van der Waals surface area contributed by atoms with Crippen molar-refractivity contribution in [3.8, 4) is 11.5 Å². The van der Waals surface area contributed by atoms with Crippen molar-refractivity contribution in [2.75, 3.05) is 12.4 Å². The molecule has 0 saturated heterocycles. The summed E-state index contributed by atoms with van der Waals surface area (Å²) in [5, 5.41) is 16.9. The van der Waals surface area contributed by atoms with E-state index >= 15 is 0 Å². The molecule has 0 radical (unpaired) electrons.